The molecule has 0 amide bonds. The highest BCUT2D eigenvalue weighted by atomic mass is 14.4. The summed E-state index contributed by atoms with van der Waals surface area (Å²) in [7, 11) is 0. The number of aryl methyl sites for hydroxylation is 6. The van der Waals surface area contributed by atoms with E-state index in [9.17, 15) is 0 Å². The van der Waals surface area contributed by atoms with E-state index in [1.165, 1.54) is 136 Å². The third kappa shape index (κ3) is 9.00. The van der Waals surface area contributed by atoms with Crippen molar-refractivity contribution in [1.29, 1.82) is 0 Å². The fourth-order valence-electron chi connectivity index (χ4n) is 8.72. The average molecular weight is 543 g/mol. The smallest absolute Gasteiger partial charge is 0.0681 e. The zero-order valence-electron chi connectivity index (χ0n) is 27.9. The van der Waals surface area contributed by atoms with Gasteiger partial charge in [-0.3, -0.25) is 0 Å². The SMILES string of the molecule is CCCCCCCCCC(B(c1c(C)cc(C)cc1C)c1c(C)cc(C)cc1C)C1CCCC1CCCCCC. The van der Waals surface area contributed by atoms with Gasteiger partial charge < -0.3 is 0 Å². The summed E-state index contributed by atoms with van der Waals surface area (Å²) in [4.78, 5) is 0. The molecule has 0 spiro atoms. The monoisotopic (exact) mass is 543 g/mol. The van der Waals surface area contributed by atoms with Crippen LogP contribution in [0.3, 0.4) is 0 Å². The van der Waals surface area contributed by atoms with Gasteiger partial charge in [0, 0.05) is 0 Å². The fourth-order valence-corrected chi connectivity index (χ4v) is 8.72. The molecule has 1 heteroatoms. The molecule has 3 unspecified atom stereocenters. The lowest BCUT2D eigenvalue weighted by molar-refractivity contribution is 0.320. The van der Waals surface area contributed by atoms with E-state index in [0.717, 1.165) is 17.7 Å². The Labute approximate surface area is 250 Å². The minimum absolute atomic E-state index is 0.516. The lowest BCUT2D eigenvalue weighted by Gasteiger charge is -2.37. The van der Waals surface area contributed by atoms with Crippen LogP contribution in [0.2, 0.25) is 5.82 Å². The molecule has 0 N–H and O–H groups in total. The predicted molar refractivity (Wildman–Crippen MR) is 182 cm³/mol. The maximum Gasteiger partial charge on any atom is 0.214 e. The highest BCUT2D eigenvalue weighted by molar-refractivity contribution is 6.87. The molecule has 0 bridgehead atoms. The van der Waals surface area contributed by atoms with Crippen molar-refractivity contribution in [2.24, 2.45) is 11.8 Å². The zero-order chi connectivity index (χ0) is 29.1. The fraction of sp³-hybridized carbons (Fsp3) is 0.692. The number of hydrogen-bond acceptors (Lipinski definition) is 0. The van der Waals surface area contributed by atoms with Gasteiger partial charge in [-0.25, -0.2) is 0 Å². The number of rotatable bonds is 17. The molecule has 0 nitrogen and oxygen atoms in total. The first kappa shape index (κ1) is 33.0. The highest BCUT2D eigenvalue weighted by Gasteiger charge is 2.42. The second-order valence-electron chi connectivity index (χ2n) is 13.9. The molecule has 2 aromatic carbocycles. The maximum atomic E-state index is 2.47. The van der Waals surface area contributed by atoms with Gasteiger partial charge in [0.05, 0.1) is 0 Å². The van der Waals surface area contributed by atoms with Crippen LogP contribution in [0.4, 0.5) is 0 Å². The largest absolute Gasteiger partial charge is 0.214 e. The Morgan fingerprint density at radius 1 is 0.600 bits per heavy atom. The molecule has 0 aromatic heterocycles. The Balaban J connectivity index is 2.03. The van der Waals surface area contributed by atoms with Crippen molar-refractivity contribution in [2.75, 3.05) is 0 Å². The lowest BCUT2D eigenvalue weighted by atomic mass is 9.28. The summed E-state index contributed by atoms with van der Waals surface area (Å²) >= 11 is 0. The number of benzene rings is 2. The summed E-state index contributed by atoms with van der Waals surface area (Å²) in [5, 5.41) is 0. The van der Waals surface area contributed by atoms with Gasteiger partial charge in [-0.1, -0.05) is 191 Å². The summed E-state index contributed by atoms with van der Waals surface area (Å²) in [6, 6.07) is 9.87. The molecule has 0 radical (unpaired) electrons. The zero-order valence-corrected chi connectivity index (χ0v) is 27.9. The van der Waals surface area contributed by atoms with E-state index in [2.05, 4.69) is 79.7 Å². The molecule has 2 aromatic rings. The van der Waals surface area contributed by atoms with Crippen molar-refractivity contribution >= 4 is 17.6 Å². The van der Waals surface area contributed by atoms with Crippen LogP contribution < -0.4 is 10.9 Å². The lowest BCUT2D eigenvalue weighted by Crippen LogP contribution is -2.52. The van der Waals surface area contributed by atoms with Crippen molar-refractivity contribution in [3.05, 3.63) is 57.6 Å². The van der Waals surface area contributed by atoms with Crippen molar-refractivity contribution < 1.29 is 0 Å². The first-order chi connectivity index (χ1) is 19.3. The highest BCUT2D eigenvalue weighted by Crippen LogP contribution is 2.46. The van der Waals surface area contributed by atoms with E-state index in [4.69, 9.17) is 0 Å². The molecule has 1 saturated carbocycles. The Morgan fingerprint density at radius 3 is 1.55 bits per heavy atom. The molecule has 40 heavy (non-hydrogen) atoms. The summed E-state index contributed by atoms with van der Waals surface area (Å²) in [6.07, 6.45) is 22.7. The maximum absolute atomic E-state index is 2.47. The van der Waals surface area contributed by atoms with E-state index < -0.39 is 0 Å². The Bertz CT molecular complexity index is 930. The minimum Gasteiger partial charge on any atom is -0.0681 e. The van der Waals surface area contributed by atoms with Gasteiger partial charge in [0.25, 0.3) is 0 Å². The molecule has 0 aliphatic heterocycles. The summed E-state index contributed by atoms with van der Waals surface area (Å²) in [5.74, 6) is 2.53. The third-order valence-electron chi connectivity index (χ3n) is 10.4. The van der Waals surface area contributed by atoms with Crippen LogP contribution in [0, 0.1) is 53.4 Å². The molecule has 222 valence electrons. The van der Waals surface area contributed by atoms with E-state index in [1.54, 1.807) is 10.9 Å². The van der Waals surface area contributed by atoms with Gasteiger partial charge in [0.1, 0.15) is 0 Å². The molecule has 3 rings (SSSR count). The minimum atomic E-state index is 0.516. The van der Waals surface area contributed by atoms with Crippen molar-refractivity contribution in [3.8, 4) is 0 Å². The molecular formula is C39H63B. The van der Waals surface area contributed by atoms with Gasteiger partial charge in [-0.2, -0.15) is 0 Å². The predicted octanol–water partition coefficient (Wildman–Crippen LogP) is 11.0. The average Bonchev–Trinajstić information content (AvgIpc) is 3.35. The quantitative estimate of drug-likeness (QED) is 0.138. The molecular weight excluding hydrogens is 479 g/mol. The van der Waals surface area contributed by atoms with E-state index in [1.807, 2.05) is 0 Å². The topological polar surface area (TPSA) is 0 Å². The van der Waals surface area contributed by atoms with Crippen LogP contribution >= 0.6 is 0 Å². The van der Waals surface area contributed by atoms with Crippen LogP contribution in [0.5, 0.6) is 0 Å². The van der Waals surface area contributed by atoms with Crippen LogP contribution in [-0.4, -0.2) is 6.71 Å². The van der Waals surface area contributed by atoms with Gasteiger partial charge in [-0.15, -0.1) is 0 Å². The van der Waals surface area contributed by atoms with E-state index >= 15 is 0 Å². The van der Waals surface area contributed by atoms with Crippen molar-refractivity contribution in [2.45, 2.75) is 164 Å². The van der Waals surface area contributed by atoms with Gasteiger partial charge in [0.15, 0.2) is 0 Å². The summed E-state index contributed by atoms with van der Waals surface area (Å²) in [6.45, 7) is 19.4. The van der Waals surface area contributed by atoms with E-state index in [0.29, 0.717) is 6.71 Å². The molecule has 1 aliphatic carbocycles. The Kier molecular flexibility index (Phi) is 13.9. The van der Waals surface area contributed by atoms with Crippen LogP contribution in [0.15, 0.2) is 24.3 Å². The third-order valence-corrected chi connectivity index (χ3v) is 10.4. The molecule has 0 heterocycles. The van der Waals surface area contributed by atoms with Crippen LogP contribution in [0.25, 0.3) is 0 Å². The normalized spacial score (nSPS) is 17.9. The molecule has 3 atom stereocenters. The number of unbranched alkanes of at least 4 members (excludes halogenated alkanes) is 9. The van der Waals surface area contributed by atoms with Crippen LogP contribution in [-0.2, 0) is 0 Å². The standard InChI is InChI=1S/C39H63B/c1-9-11-13-15-16-17-19-24-37(36-23-20-22-35(36)21-18-14-12-10-2)40(38-31(5)25-29(3)26-32(38)6)39-33(7)27-30(4)28-34(39)8/h25-28,35-37H,9-24H2,1-8H3. The first-order valence-corrected chi connectivity index (χ1v) is 17.4. The van der Waals surface area contributed by atoms with Gasteiger partial charge in [0.2, 0.25) is 6.71 Å². The Morgan fingerprint density at radius 2 is 1.05 bits per heavy atom. The molecule has 0 saturated heterocycles. The molecule has 1 fully saturated rings. The van der Waals surface area contributed by atoms with E-state index in [-0.39, 0.29) is 0 Å². The van der Waals surface area contributed by atoms with Crippen LogP contribution in [0.1, 0.15) is 150 Å². The first-order valence-electron chi connectivity index (χ1n) is 17.4. The molecule has 1 aliphatic rings. The van der Waals surface area contributed by atoms with Gasteiger partial charge in [-0.05, 0) is 53.4 Å². The van der Waals surface area contributed by atoms with Crippen molar-refractivity contribution in [3.63, 3.8) is 0 Å². The van der Waals surface area contributed by atoms with Gasteiger partial charge >= 0.3 is 0 Å². The summed E-state index contributed by atoms with van der Waals surface area (Å²) in [5.41, 5.74) is 12.2. The van der Waals surface area contributed by atoms with Crippen molar-refractivity contribution in [1.82, 2.24) is 0 Å². The second-order valence-corrected chi connectivity index (χ2v) is 13.9. The second kappa shape index (κ2) is 16.8. The number of hydrogen-bond donors (Lipinski definition) is 0. The Hall–Kier alpha value is -1.50. The summed E-state index contributed by atoms with van der Waals surface area (Å²) < 4.78 is 0.